The summed E-state index contributed by atoms with van der Waals surface area (Å²) < 4.78 is 37.8. The second-order valence-electron chi connectivity index (χ2n) is 4.42. The number of hydrogen-bond donors (Lipinski definition) is 1. The maximum atomic E-state index is 12.6. The molecule has 0 spiro atoms. The lowest BCUT2D eigenvalue weighted by atomic mass is 10.0. The largest absolute Gasteiger partial charge is 0.419 e. The van der Waals surface area contributed by atoms with Gasteiger partial charge in [-0.25, -0.2) is 0 Å². The first kappa shape index (κ1) is 13.4. The van der Waals surface area contributed by atoms with Crippen LogP contribution in [0.25, 0.3) is 0 Å². The molecule has 1 fully saturated rings. The zero-order valence-corrected chi connectivity index (χ0v) is 10.4. The van der Waals surface area contributed by atoms with Gasteiger partial charge in [0.1, 0.15) is 0 Å². The summed E-state index contributed by atoms with van der Waals surface area (Å²) in [6.07, 6.45) is -5.17. The number of amides is 1. The molecule has 0 bridgehead atoms. The Kier molecular flexibility index (Phi) is 3.14. The smallest absolute Gasteiger partial charge is 0.379 e. The first-order valence-corrected chi connectivity index (χ1v) is 6.19. The molecular formula is C11H12F3NO2S. The highest BCUT2D eigenvalue weighted by Crippen LogP contribution is 2.38. The number of likely N-dealkylation sites (tertiary alicyclic amines) is 1. The molecule has 1 aromatic rings. The molecular weight excluding hydrogens is 267 g/mol. The summed E-state index contributed by atoms with van der Waals surface area (Å²) in [5.41, 5.74) is -2.77. The van der Waals surface area contributed by atoms with E-state index in [0.717, 1.165) is 9.78 Å². The predicted octanol–water partition coefficient (Wildman–Crippen LogP) is 2.20. The van der Waals surface area contributed by atoms with Crippen LogP contribution < -0.4 is 0 Å². The summed E-state index contributed by atoms with van der Waals surface area (Å²) in [6.45, 7) is 1.05. The Labute approximate surface area is 106 Å². The summed E-state index contributed by atoms with van der Waals surface area (Å²) in [4.78, 5) is 14.3. The van der Waals surface area contributed by atoms with Crippen LogP contribution in [0.4, 0.5) is 13.2 Å². The molecule has 1 aromatic heterocycles. The predicted molar refractivity (Wildman–Crippen MR) is 60.6 cm³/mol. The van der Waals surface area contributed by atoms with Gasteiger partial charge in [-0.3, -0.25) is 4.79 Å². The van der Waals surface area contributed by atoms with E-state index in [4.69, 9.17) is 0 Å². The number of hydrogen-bond acceptors (Lipinski definition) is 3. The van der Waals surface area contributed by atoms with Crippen molar-refractivity contribution in [1.29, 1.82) is 0 Å². The fraction of sp³-hybridized carbons (Fsp3) is 0.545. The Morgan fingerprint density at radius 3 is 2.61 bits per heavy atom. The van der Waals surface area contributed by atoms with Crippen molar-refractivity contribution in [3.8, 4) is 0 Å². The average molecular weight is 279 g/mol. The highest BCUT2D eigenvalue weighted by Gasteiger charge is 2.57. The molecule has 1 atom stereocenters. The van der Waals surface area contributed by atoms with Gasteiger partial charge in [-0.15, -0.1) is 11.3 Å². The summed E-state index contributed by atoms with van der Waals surface area (Å²) in [5.74, 6) is -0.451. The molecule has 1 amide bonds. The van der Waals surface area contributed by atoms with Crippen molar-refractivity contribution in [2.24, 2.45) is 0 Å². The molecule has 2 rings (SSSR count). The van der Waals surface area contributed by atoms with Crippen molar-refractivity contribution >= 4 is 17.2 Å². The lowest BCUT2D eigenvalue weighted by Crippen LogP contribution is -2.47. The molecule has 0 aliphatic carbocycles. The Morgan fingerprint density at radius 2 is 2.17 bits per heavy atom. The van der Waals surface area contributed by atoms with Gasteiger partial charge in [-0.05, 0) is 19.1 Å². The summed E-state index contributed by atoms with van der Waals surface area (Å²) in [7, 11) is 0. The maximum absolute atomic E-state index is 12.6. The topological polar surface area (TPSA) is 40.5 Å². The number of carbonyl (C=O) groups is 1. The van der Waals surface area contributed by atoms with E-state index in [9.17, 15) is 23.1 Å². The standard InChI is InChI=1S/C11H12F3NO2S/c1-7-2-3-8(18-7)9(16)15-5-4-10(17,6-15)11(12,13)14/h2-3,17H,4-6H2,1H3/t10-/m1/s1. The molecule has 0 radical (unpaired) electrons. The SMILES string of the molecule is Cc1ccc(C(=O)N2CC[C@](O)(C(F)(F)F)C2)s1. The fourth-order valence-electron chi connectivity index (χ4n) is 1.90. The summed E-state index contributed by atoms with van der Waals surface area (Å²) in [6, 6.07) is 3.33. The average Bonchev–Trinajstić information content (AvgIpc) is 2.84. The van der Waals surface area contributed by atoms with Crippen LogP contribution in [0.2, 0.25) is 0 Å². The third kappa shape index (κ3) is 2.24. The number of halogens is 3. The van der Waals surface area contributed by atoms with Crippen LogP contribution in [0, 0.1) is 6.92 Å². The molecule has 100 valence electrons. The van der Waals surface area contributed by atoms with Gasteiger partial charge < -0.3 is 10.0 Å². The van der Waals surface area contributed by atoms with Crippen LogP contribution in [0.15, 0.2) is 12.1 Å². The van der Waals surface area contributed by atoms with Crippen molar-refractivity contribution in [1.82, 2.24) is 4.90 Å². The van der Waals surface area contributed by atoms with E-state index in [0.29, 0.717) is 4.88 Å². The molecule has 1 saturated heterocycles. The molecule has 0 aromatic carbocycles. The Hall–Kier alpha value is -1.08. The first-order valence-electron chi connectivity index (χ1n) is 5.38. The normalized spacial score (nSPS) is 24.6. The molecule has 2 heterocycles. The maximum Gasteiger partial charge on any atom is 0.419 e. The third-order valence-electron chi connectivity index (χ3n) is 3.01. The highest BCUT2D eigenvalue weighted by molar-refractivity contribution is 7.13. The number of aryl methyl sites for hydroxylation is 1. The van der Waals surface area contributed by atoms with Crippen molar-refractivity contribution in [2.45, 2.75) is 25.1 Å². The Balaban J connectivity index is 2.12. The minimum atomic E-state index is -4.70. The number of β-amino-alcohol motifs (C(OH)–C–C–N with tert-alkyl or cyclic N) is 1. The summed E-state index contributed by atoms with van der Waals surface area (Å²) in [5, 5.41) is 9.48. The van der Waals surface area contributed by atoms with E-state index in [1.807, 2.05) is 6.92 Å². The Bertz CT molecular complexity index is 471. The van der Waals surface area contributed by atoms with Crippen molar-refractivity contribution in [3.63, 3.8) is 0 Å². The van der Waals surface area contributed by atoms with Gasteiger partial charge in [-0.1, -0.05) is 0 Å². The van der Waals surface area contributed by atoms with E-state index in [1.165, 1.54) is 11.3 Å². The number of rotatable bonds is 1. The number of nitrogens with zero attached hydrogens (tertiary/aromatic N) is 1. The Morgan fingerprint density at radius 1 is 1.50 bits per heavy atom. The van der Waals surface area contributed by atoms with Gasteiger partial charge in [0, 0.05) is 17.8 Å². The molecule has 1 aliphatic heterocycles. The highest BCUT2D eigenvalue weighted by atomic mass is 32.1. The number of aliphatic hydroxyl groups is 1. The quantitative estimate of drug-likeness (QED) is 0.856. The van der Waals surface area contributed by atoms with Crippen LogP contribution in [-0.2, 0) is 0 Å². The third-order valence-corrected chi connectivity index (χ3v) is 4.00. The molecule has 0 saturated carbocycles. The van der Waals surface area contributed by atoms with Crippen LogP contribution in [0.5, 0.6) is 0 Å². The number of thiophene rings is 1. The van der Waals surface area contributed by atoms with Crippen molar-refractivity contribution in [2.75, 3.05) is 13.1 Å². The molecule has 1 N–H and O–H groups in total. The van der Waals surface area contributed by atoms with E-state index < -0.39 is 30.7 Å². The lowest BCUT2D eigenvalue weighted by Gasteiger charge is -2.25. The van der Waals surface area contributed by atoms with E-state index >= 15 is 0 Å². The molecule has 18 heavy (non-hydrogen) atoms. The van der Waals surface area contributed by atoms with Crippen molar-refractivity contribution < 1.29 is 23.1 Å². The molecule has 7 heteroatoms. The van der Waals surface area contributed by atoms with Gasteiger partial charge in [0.2, 0.25) is 0 Å². The van der Waals surface area contributed by atoms with Crippen LogP contribution in [0.1, 0.15) is 21.0 Å². The van der Waals surface area contributed by atoms with E-state index in [2.05, 4.69) is 0 Å². The lowest BCUT2D eigenvalue weighted by molar-refractivity contribution is -0.253. The molecule has 3 nitrogen and oxygen atoms in total. The van der Waals surface area contributed by atoms with Gasteiger partial charge in [-0.2, -0.15) is 13.2 Å². The minimum absolute atomic E-state index is 0.0776. The van der Waals surface area contributed by atoms with Crippen LogP contribution >= 0.6 is 11.3 Å². The van der Waals surface area contributed by atoms with Crippen LogP contribution in [-0.4, -0.2) is 40.8 Å². The van der Waals surface area contributed by atoms with Gasteiger partial charge >= 0.3 is 6.18 Å². The zero-order chi connectivity index (χ0) is 13.6. The van der Waals surface area contributed by atoms with Gasteiger partial charge in [0.15, 0.2) is 5.60 Å². The van der Waals surface area contributed by atoms with E-state index in [1.54, 1.807) is 12.1 Å². The fourth-order valence-corrected chi connectivity index (χ4v) is 2.74. The monoisotopic (exact) mass is 279 g/mol. The number of carbonyl (C=O) groups excluding carboxylic acids is 1. The van der Waals surface area contributed by atoms with Crippen LogP contribution in [0.3, 0.4) is 0 Å². The zero-order valence-electron chi connectivity index (χ0n) is 9.62. The van der Waals surface area contributed by atoms with Gasteiger partial charge in [0.25, 0.3) is 5.91 Å². The van der Waals surface area contributed by atoms with Crippen molar-refractivity contribution in [3.05, 3.63) is 21.9 Å². The number of alkyl halides is 3. The molecule has 1 aliphatic rings. The summed E-state index contributed by atoms with van der Waals surface area (Å²) >= 11 is 1.24. The second kappa shape index (κ2) is 4.24. The van der Waals surface area contributed by atoms with E-state index in [-0.39, 0.29) is 6.54 Å². The van der Waals surface area contributed by atoms with Gasteiger partial charge in [0.05, 0.1) is 11.4 Å². The minimum Gasteiger partial charge on any atom is -0.379 e. The first-order chi connectivity index (χ1) is 8.23. The molecule has 0 unspecified atom stereocenters. The second-order valence-corrected chi connectivity index (χ2v) is 5.70.